The van der Waals surface area contributed by atoms with Crippen molar-refractivity contribution in [3.8, 4) is 0 Å². The first-order chi connectivity index (χ1) is 8.95. The van der Waals surface area contributed by atoms with Gasteiger partial charge in [-0.05, 0) is 25.2 Å². The molecule has 0 atom stereocenters. The van der Waals surface area contributed by atoms with Crippen LogP contribution >= 0.6 is 11.6 Å². The molecule has 0 bridgehead atoms. The Bertz CT molecular complexity index is 475. The predicted octanol–water partition coefficient (Wildman–Crippen LogP) is 1.59. The minimum absolute atomic E-state index is 0.137. The third kappa shape index (κ3) is 4.54. The van der Waals surface area contributed by atoms with Gasteiger partial charge in [-0.2, -0.15) is 0 Å². The molecular weight excluding hydrogens is 266 g/mol. The van der Waals surface area contributed by atoms with Gasteiger partial charge in [0.15, 0.2) is 0 Å². The Kier molecular flexibility index (Phi) is 5.79. The highest BCUT2D eigenvalue weighted by molar-refractivity contribution is 6.33. The Hall–Kier alpha value is -1.59. The van der Waals surface area contributed by atoms with Gasteiger partial charge in [-0.15, -0.1) is 0 Å². The number of rotatable bonds is 5. The van der Waals surface area contributed by atoms with Crippen LogP contribution in [0.2, 0.25) is 5.02 Å². The second-order valence-electron chi connectivity index (χ2n) is 4.30. The summed E-state index contributed by atoms with van der Waals surface area (Å²) in [4.78, 5) is 24.9. The molecule has 0 aliphatic carbocycles. The summed E-state index contributed by atoms with van der Waals surface area (Å²) in [5.41, 5.74) is 0.939. The molecule has 104 valence electrons. The Labute approximate surface area is 117 Å². The van der Waals surface area contributed by atoms with Gasteiger partial charge in [0.25, 0.3) is 5.91 Å². The molecule has 0 heterocycles. The quantitative estimate of drug-likeness (QED) is 0.863. The summed E-state index contributed by atoms with van der Waals surface area (Å²) >= 11 is 6.00. The van der Waals surface area contributed by atoms with E-state index in [1.807, 2.05) is 0 Å². The number of halogens is 1. The second-order valence-corrected chi connectivity index (χ2v) is 4.70. The summed E-state index contributed by atoms with van der Waals surface area (Å²) in [5, 5.41) is 6.00. The third-order valence-corrected chi connectivity index (χ3v) is 2.83. The van der Waals surface area contributed by atoms with Crippen molar-refractivity contribution in [1.82, 2.24) is 10.2 Å². The summed E-state index contributed by atoms with van der Waals surface area (Å²) in [5.74, 6) is -0.284. The Morgan fingerprint density at radius 2 is 2.00 bits per heavy atom. The molecule has 1 aromatic carbocycles. The lowest BCUT2D eigenvalue weighted by Crippen LogP contribution is -2.22. The highest BCUT2D eigenvalue weighted by Crippen LogP contribution is 2.23. The zero-order valence-electron chi connectivity index (χ0n) is 11.3. The number of nitrogens with zero attached hydrogens (tertiary/aromatic N) is 1. The fourth-order valence-corrected chi connectivity index (χ4v) is 1.63. The van der Waals surface area contributed by atoms with Crippen LogP contribution in [0.5, 0.6) is 0 Å². The number of hydrogen-bond acceptors (Lipinski definition) is 3. The number of carbonyl (C=O) groups excluding carboxylic acids is 2. The van der Waals surface area contributed by atoms with E-state index in [1.54, 1.807) is 39.3 Å². The van der Waals surface area contributed by atoms with E-state index in [0.717, 1.165) is 0 Å². The minimum atomic E-state index is -0.147. The van der Waals surface area contributed by atoms with Crippen molar-refractivity contribution in [3.05, 3.63) is 28.8 Å². The number of amides is 2. The van der Waals surface area contributed by atoms with Gasteiger partial charge in [-0.25, -0.2) is 0 Å². The van der Waals surface area contributed by atoms with Crippen LogP contribution in [0.15, 0.2) is 18.2 Å². The Balaban J connectivity index is 2.86. The smallest absolute Gasteiger partial charge is 0.253 e. The fourth-order valence-electron chi connectivity index (χ4n) is 1.46. The molecule has 0 aromatic heterocycles. The average molecular weight is 284 g/mol. The monoisotopic (exact) mass is 283 g/mol. The number of benzene rings is 1. The van der Waals surface area contributed by atoms with E-state index in [9.17, 15) is 9.59 Å². The van der Waals surface area contributed by atoms with Crippen LogP contribution in [0.1, 0.15) is 16.8 Å². The lowest BCUT2D eigenvalue weighted by atomic mass is 10.1. The topological polar surface area (TPSA) is 61.4 Å². The molecule has 1 aromatic rings. The van der Waals surface area contributed by atoms with Crippen LogP contribution in [0.3, 0.4) is 0 Å². The van der Waals surface area contributed by atoms with Crippen molar-refractivity contribution in [2.45, 2.75) is 6.42 Å². The van der Waals surface area contributed by atoms with E-state index >= 15 is 0 Å². The Morgan fingerprint density at radius 1 is 1.32 bits per heavy atom. The number of hydrogen-bond donors (Lipinski definition) is 2. The van der Waals surface area contributed by atoms with E-state index < -0.39 is 0 Å². The molecule has 0 spiro atoms. The largest absolute Gasteiger partial charge is 0.345 e. The van der Waals surface area contributed by atoms with Gasteiger partial charge in [0, 0.05) is 32.6 Å². The summed E-state index contributed by atoms with van der Waals surface area (Å²) < 4.78 is 0. The van der Waals surface area contributed by atoms with Gasteiger partial charge >= 0.3 is 0 Å². The molecule has 0 fully saturated rings. The number of carbonyl (C=O) groups is 2. The van der Waals surface area contributed by atoms with E-state index in [-0.39, 0.29) is 11.8 Å². The zero-order valence-corrected chi connectivity index (χ0v) is 12.0. The molecular formula is C13H18ClN3O2. The van der Waals surface area contributed by atoms with Gasteiger partial charge in [0.1, 0.15) is 0 Å². The molecule has 0 unspecified atom stereocenters. The molecule has 2 amide bonds. The van der Waals surface area contributed by atoms with Crippen molar-refractivity contribution in [1.29, 1.82) is 0 Å². The Morgan fingerprint density at radius 3 is 2.58 bits per heavy atom. The fraction of sp³-hybridized carbons (Fsp3) is 0.385. The standard InChI is InChI=1S/C13H18ClN3O2/c1-15-7-6-12(18)16-11-8-9(4-5-10(11)14)13(19)17(2)3/h4-5,8,15H,6-7H2,1-3H3,(H,16,18). The lowest BCUT2D eigenvalue weighted by molar-refractivity contribution is -0.116. The molecule has 1 rings (SSSR count). The maximum Gasteiger partial charge on any atom is 0.253 e. The SMILES string of the molecule is CNCCC(=O)Nc1cc(C(=O)N(C)C)ccc1Cl. The van der Waals surface area contributed by atoms with Crippen LogP contribution < -0.4 is 10.6 Å². The van der Waals surface area contributed by atoms with E-state index in [4.69, 9.17) is 11.6 Å². The molecule has 0 aliphatic rings. The average Bonchev–Trinajstić information content (AvgIpc) is 2.38. The van der Waals surface area contributed by atoms with Crippen LogP contribution in [0, 0.1) is 0 Å². The summed E-state index contributed by atoms with van der Waals surface area (Å²) in [7, 11) is 5.11. The van der Waals surface area contributed by atoms with Crippen LogP contribution in [0.4, 0.5) is 5.69 Å². The highest BCUT2D eigenvalue weighted by atomic mass is 35.5. The molecule has 0 saturated heterocycles. The van der Waals surface area contributed by atoms with Gasteiger partial charge < -0.3 is 15.5 Å². The van der Waals surface area contributed by atoms with Crippen LogP contribution in [0.25, 0.3) is 0 Å². The van der Waals surface area contributed by atoms with E-state index in [0.29, 0.717) is 29.2 Å². The zero-order chi connectivity index (χ0) is 14.4. The highest BCUT2D eigenvalue weighted by Gasteiger charge is 2.12. The van der Waals surface area contributed by atoms with Crippen molar-refractivity contribution >= 4 is 29.1 Å². The number of nitrogens with one attached hydrogen (secondary N) is 2. The first-order valence-corrected chi connectivity index (χ1v) is 6.29. The third-order valence-electron chi connectivity index (χ3n) is 2.50. The summed E-state index contributed by atoms with van der Waals surface area (Å²) in [6.45, 7) is 0.583. The van der Waals surface area contributed by atoms with Gasteiger partial charge in [0.05, 0.1) is 10.7 Å². The van der Waals surface area contributed by atoms with Crippen molar-refractivity contribution in [3.63, 3.8) is 0 Å². The lowest BCUT2D eigenvalue weighted by Gasteiger charge is -2.13. The van der Waals surface area contributed by atoms with Gasteiger partial charge in [-0.3, -0.25) is 9.59 Å². The van der Waals surface area contributed by atoms with Crippen LogP contribution in [-0.2, 0) is 4.79 Å². The normalized spacial score (nSPS) is 10.1. The van der Waals surface area contributed by atoms with Gasteiger partial charge in [0.2, 0.25) is 5.91 Å². The van der Waals surface area contributed by atoms with Gasteiger partial charge in [-0.1, -0.05) is 11.6 Å². The molecule has 0 saturated carbocycles. The summed E-state index contributed by atoms with van der Waals surface area (Å²) in [6.07, 6.45) is 0.346. The molecule has 2 N–H and O–H groups in total. The first kappa shape index (κ1) is 15.5. The van der Waals surface area contributed by atoms with E-state index in [2.05, 4.69) is 10.6 Å². The summed E-state index contributed by atoms with van der Waals surface area (Å²) in [6, 6.07) is 4.82. The first-order valence-electron chi connectivity index (χ1n) is 5.91. The molecule has 5 nitrogen and oxygen atoms in total. The number of anilines is 1. The molecule has 0 aliphatic heterocycles. The van der Waals surface area contributed by atoms with Crippen LogP contribution in [-0.4, -0.2) is 44.4 Å². The van der Waals surface area contributed by atoms with Crippen molar-refractivity contribution in [2.24, 2.45) is 0 Å². The minimum Gasteiger partial charge on any atom is -0.345 e. The van der Waals surface area contributed by atoms with Crippen molar-refractivity contribution < 1.29 is 9.59 Å². The van der Waals surface area contributed by atoms with Crippen molar-refractivity contribution in [2.75, 3.05) is 33.0 Å². The second kappa shape index (κ2) is 7.11. The maximum atomic E-state index is 11.8. The maximum absolute atomic E-state index is 11.8. The molecule has 6 heteroatoms. The molecule has 19 heavy (non-hydrogen) atoms. The van der Waals surface area contributed by atoms with E-state index in [1.165, 1.54) is 4.90 Å². The predicted molar refractivity (Wildman–Crippen MR) is 76.6 cm³/mol. The molecule has 0 radical (unpaired) electrons.